The van der Waals surface area contributed by atoms with E-state index in [2.05, 4.69) is 15.3 Å². The lowest BCUT2D eigenvalue weighted by Crippen LogP contribution is -2.24. The molecule has 0 aliphatic carbocycles. The van der Waals surface area contributed by atoms with Gasteiger partial charge in [-0.25, -0.2) is 4.98 Å². The molecule has 4 heteroatoms. The van der Waals surface area contributed by atoms with Gasteiger partial charge in [0.2, 0.25) is 0 Å². The van der Waals surface area contributed by atoms with Crippen molar-refractivity contribution in [2.75, 3.05) is 18.0 Å². The molecule has 1 aromatic rings. The average molecular weight is 231 g/mol. The van der Waals surface area contributed by atoms with Crippen molar-refractivity contribution in [3.05, 3.63) is 11.1 Å². The fourth-order valence-corrected chi connectivity index (χ4v) is 2.84. The fraction of sp³-hybridized carbons (Fsp3) is 0.700. The van der Waals surface area contributed by atoms with Crippen molar-refractivity contribution in [3.8, 4) is 0 Å². The maximum Gasteiger partial charge on any atom is 0.185 e. The Morgan fingerprint density at radius 2 is 2.36 bits per heavy atom. The second-order valence-corrected chi connectivity index (χ2v) is 5.24. The van der Waals surface area contributed by atoms with E-state index in [0.717, 1.165) is 36.8 Å². The van der Waals surface area contributed by atoms with Crippen LogP contribution in [-0.4, -0.2) is 23.5 Å². The summed E-state index contributed by atoms with van der Waals surface area (Å²) in [4.78, 5) is 6.86. The molecule has 2 nitrogen and oxygen atoms in total. The highest BCUT2D eigenvalue weighted by Gasteiger charge is 2.16. The highest BCUT2D eigenvalue weighted by molar-refractivity contribution is 7.13. The SMILES string of the molecule is Cc1csc(N2CCCC(Cl)CC2)n1. The van der Waals surface area contributed by atoms with Crippen LogP contribution in [-0.2, 0) is 0 Å². The summed E-state index contributed by atoms with van der Waals surface area (Å²) in [5.41, 5.74) is 1.12. The molecule has 0 aromatic carbocycles. The number of thiazole rings is 1. The molecule has 1 atom stereocenters. The standard InChI is InChI=1S/C10H15ClN2S/c1-8-7-14-10(12-8)13-5-2-3-9(11)4-6-13/h7,9H,2-6H2,1H3. The molecular formula is C10H15ClN2S. The predicted molar refractivity (Wildman–Crippen MR) is 62.6 cm³/mol. The van der Waals surface area contributed by atoms with E-state index in [1.165, 1.54) is 6.42 Å². The minimum atomic E-state index is 0.362. The summed E-state index contributed by atoms with van der Waals surface area (Å²) in [6, 6.07) is 0. The quantitative estimate of drug-likeness (QED) is 0.690. The zero-order valence-corrected chi connectivity index (χ0v) is 9.94. The number of rotatable bonds is 1. The van der Waals surface area contributed by atoms with Crippen LogP contribution in [0, 0.1) is 6.92 Å². The van der Waals surface area contributed by atoms with Crippen LogP contribution in [0.3, 0.4) is 0 Å². The van der Waals surface area contributed by atoms with Crippen LogP contribution in [0.2, 0.25) is 0 Å². The van der Waals surface area contributed by atoms with E-state index >= 15 is 0 Å². The van der Waals surface area contributed by atoms with E-state index < -0.39 is 0 Å². The largest absolute Gasteiger partial charge is 0.348 e. The van der Waals surface area contributed by atoms with Crippen LogP contribution in [0.1, 0.15) is 25.0 Å². The Labute approximate surface area is 93.9 Å². The number of halogens is 1. The maximum atomic E-state index is 6.14. The van der Waals surface area contributed by atoms with Crippen molar-refractivity contribution in [3.63, 3.8) is 0 Å². The van der Waals surface area contributed by atoms with Crippen molar-refractivity contribution < 1.29 is 0 Å². The summed E-state index contributed by atoms with van der Waals surface area (Å²) in [5, 5.41) is 3.63. The molecule has 1 unspecified atom stereocenters. The van der Waals surface area contributed by atoms with Crippen LogP contribution in [0.4, 0.5) is 5.13 Å². The second kappa shape index (κ2) is 4.49. The lowest BCUT2D eigenvalue weighted by atomic mass is 10.2. The van der Waals surface area contributed by atoms with E-state index in [1.807, 2.05) is 6.92 Å². The van der Waals surface area contributed by atoms with Gasteiger partial charge in [-0.1, -0.05) is 0 Å². The monoisotopic (exact) mass is 230 g/mol. The van der Waals surface area contributed by atoms with Crippen LogP contribution in [0.5, 0.6) is 0 Å². The maximum absolute atomic E-state index is 6.14. The number of hydrogen-bond donors (Lipinski definition) is 0. The van der Waals surface area contributed by atoms with Crippen molar-refractivity contribution >= 4 is 28.1 Å². The molecule has 1 aliphatic rings. The van der Waals surface area contributed by atoms with Gasteiger partial charge in [0.1, 0.15) is 0 Å². The number of alkyl halides is 1. The van der Waals surface area contributed by atoms with Crippen LogP contribution in [0.25, 0.3) is 0 Å². The molecule has 0 amide bonds. The van der Waals surface area contributed by atoms with E-state index in [1.54, 1.807) is 11.3 Å². The zero-order chi connectivity index (χ0) is 9.97. The van der Waals surface area contributed by atoms with Crippen molar-refractivity contribution in [2.45, 2.75) is 31.6 Å². The first-order valence-electron chi connectivity index (χ1n) is 5.07. The number of hydrogen-bond acceptors (Lipinski definition) is 3. The van der Waals surface area contributed by atoms with E-state index in [4.69, 9.17) is 11.6 Å². The number of aryl methyl sites for hydroxylation is 1. The van der Waals surface area contributed by atoms with Gasteiger partial charge < -0.3 is 4.90 Å². The van der Waals surface area contributed by atoms with Gasteiger partial charge in [-0.2, -0.15) is 0 Å². The Kier molecular flexibility index (Phi) is 3.29. The van der Waals surface area contributed by atoms with Gasteiger partial charge in [0, 0.05) is 23.8 Å². The minimum absolute atomic E-state index is 0.362. The first kappa shape index (κ1) is 10.2. The molecule has 0 N–H and O–H groups in total. The molecule has 2 heterocycles. The fourth-order valence-electron chi connectivity index (χ4n) is 1.73. The highest BCUT2D eigenvalue weighted by atomic mass is 35.5. The summed E-state index contributed by atoms with van der Waals surface area (Å²) < 4.78 is 0. The first-order chi connectivity index (χ1) is 6.75. The third kappa shape index (κ3) is 2.39. The zero-order valence-electron chi connectivity index (χ0n) is 8.37. The molecule has 1 aromatic heterocycles. The summed E-state index contributed by atoms with van der Waals surface area (Å²) in [6.07, 6.45) is 3.41. The Hall–Kier alpha value is -0.280. The van der Waals surface area contributed by atoms with Crippen LogP contribution >= 0.6 is 22.9 Å². The molecule has 0 saturated carbocycles. The molecule has 1 saturated heterocycles. The molecule has 14 heavy (non-hydrogen) atoms. The molecular weight excluding hydrogens is 216 g/mol. The topological polar surface area (TPSA) is 16.1 Å². The van der Waals surface area contributed by atoms with E-state index in [-0.39, 0.29) is 0 Å². The summed E-state index contributed by atoms with van der Waals surface area (Å²) in [6.45, 7) is 4.21. The Bertz CT molecular complexity index is 300. The lowest BCUT2D eigenvalue weighted by Gasteiger charge is -2.18. The highest BCUT2D eigenvalue weighted by Crippen LogP contribution is 2.24. The van der Waals surface area contributed by atoms with Crippen molar-refractivity contribution in [1.29, 1.82) is 0 Å². The molecule has 2 rings (SSSR count). The molecule has 1 aliphatic heterocycles. The molecule has 78 valence electrons. The van der Waals surface area contributed by atoms with Crippen molar-refractivity contribution in [1.82, 2.24) is 4.98 Å². The minimum Gasteiger partial charge on any atom is -0.348 e. The second-order valence-electron chi connectivity index (χ2n) is 3.79. The van der Waals surface area contributed by atoms with E-state index in [0.29, 0.717) is 5.38 Å². The first-order valence-corrected chi connectivity index (χ1v) is 6.38. The molecule has 0 bridgehead atoms. The molecule has 0 radical (unpaired) electrons. The number of aromatic nitrogens is 1. The van der Waals surface area contributed by atoms with Crippen LogP contribution in [0.15, 0.2) is 5.38 Å². The van der Waals surface area contributed by atoms with E-state index in [9.17, 15) is 0 Å². The predicted octanol–water partition coefficient (Wildman–Crippen LogP) is 3.05. The molecule has 1 fully saturated rings. The summed E-state index contributed by atoms with van der Waals surface area (Å²) in [5.74, 6) is 0. The van der Waals surface area contributed by atoms with Crippen LogP contribution < -0.4 is 4.90 Å². The van der Waals surface area contributed by atoms with Gasteiger partial charge in [-0.05, 0) is 26.2 Å². The van der Waals surface area contributed by atoms with Gasteiger partial charge in [0.05, 0.1) is 5.69 Å². The third-order valence-corrected chi connectivity index (χ3v) is 3.99. The third-order valence-electron chi connectivity index (χ3n) is 2.54. The molecule has 0 spiro atoms. The Morgan fingerprint density at radius 3 is 3.07 bits per heavy atom. The van der Waals surface area contributed by atoms with Gasteiger partial charge in [0.15, 0.2) is 5.13 Å². The lowest BCUT2D eigenvalue weighted by molar-refractivity contribution is 0.735. The summed E-state index contributed by atoms with van der Waals surface area (Å²) >= 11 is 7.87. The normalized spacial score (nSPS) is 23.6. The smallest absolute Gasteiger partial charge is 0.185 e. The average Bonchev–Trinajstić information content (AvgIpc) is 2.46. The Balaban J connectivity index is 2.04. The Morgan fingerprint density at radius 1 is 1.50 bits per heavy atom. The van der Waals surface area contributed by atoms with Gasteiger partial charge in [0.25, 0.3) is 0 Å². The van der Waals surface area contributed by atoms with Crippen molar-refractivity contribution in [2.24, 2.45) is 0 Å². The number of anilines is 1. The van der Waals surface area contributed by atoms with Gasteiger partial charge in [-0.15, -0.1) is 22.9 Å². The number of nitrogens with zero attached hydrogens (tertiary/aromatic N) is 2. The van der Waals surface area contributed by atoms with Gasteiger partial charge >= 0.3 is 0 Å². The van der Waals surface area contributed by atoms with Gasteiger partial charge in [-0.3, -0.25) is 0 Å². The summed E-state index contributed by atoms with van der Waals surface area (Å²) in [7, 11) is 0.